The standard InChI is InChI=1S/C20H29OS/c1-19(2)16-12-13-20(19,3)18(21)17(16)22(4)14-8-11-15-9-6-5-7-10-15/h5-11,16-18,21H,12-14H2,1-4H3/q+1/b11-8+. The lowest BCUT2D eigenvalue weighted by molar-refractivity contribution is 0.0145. The van der Waals surface area contributed by atoms with Gasteiger partial charge in [0, 0.05) is 11.3 Å². The average molecular weight is 318 g/mol. The molecular weight excluding hydrogens is 288 g/mol. The maximum Gasteiger partial charge on any atom is 0.147 e. The summed E-state index contributed by atoms with van der Waals surface area (Å²) in [6.07, 6.45) is 9.23. The largest absolute Gasteiger partial charge is 0.387 e. The van der Waals surface area contributed by atoms with Gasteiger partial charge in [0.1, 0.15) is 17.1 Å². The van der Waals surface area contributed by atoms with Crippen molar-refractivity contribution in [1.82, 2.24) is 0 Å². The highest BCUT2D eigenvalue weighted by atomic mass is 32.2. The van der Waals surface area contributed by atoms with Gasteiger partial charge in [0.05, 0.1) is 6.26 Å². The van der Waals surface area contributed by atoms with Gasteiger partial charge < -0.3 is 5.11 Å². The van der Waals surface area contributed by atoms with E-state index in [1.165, 1.54) is 18.4 Å². The second-order valence-electron chi connectivity index (χ2n) is 7.86. The highest BCUT2D eigenvalue weighted by Crippen LogP contribution is 2.66. The number of benzene rings is 1. The molecule has 1 nitrogen and oxygen atoms in total. The lowest BCUT2D eigenvalue weighted by Crippen LogP contribution is -2.43. The summed E-state index contributed by atoms with van der Waals surface area (Å²) in [5.74, 6) is 1.77. The third kappa shape index (κ3) is 2.35. The van der Waals surface area contributed by atoms with Crippen LogP contribution in [0.3, 0.4) is 0 Å². The third-order valence-corrected chi connectivity index (χ3v) is 8.90. The Morgan fingerprint density at radius 2 is 1.91 bits per heavy atom. The number of aliphatic hydroxyl groups is 1. The molecule has 22 heavy (non-hydrogen) atoms. The monoisotopic (exact) mass is 317 g/mol. The molecular formula is C20H29OS+. The molecule has 2 heteroatoms. The lowest BCUT2D eigenvalue weighted by atomic mass is 9.70. The summed E-state index contributed by atoms with van der Waals surface area (Å²) in [7, 11) is 0.242. The highest BCUT2D eigenvalue weighted by Gasteiger charge is 2.69. The zero-order valence-corrected chi connectivity index (χ0v) is 15.1. The molecule has 2 saturated carbocycles. The molecule has 1 aromatic rings. The van der Waals surface area contributed by atoms with Crippen molar-refractivity contribution in [3.05, 3.63) is 42.0 Å². The topological polar surface area (TPSA) is 20.2 Å². The van der Waals surface area contributed by atoms with Crippen LogP contribution in [0.25, 0.3) is 6.08 Å². The SMILES string of the molecule is C[S+](C/C=C/c1ccccc1)C1C2CCC(C)(C1O)C2(C)C. The minimum Gasteiger partial charge on any atom is -0.387 e. The minimum absolute atomic E-state index is 0.118. The molecule has 2 aliphatic carbocycles. The fraction of sp³-hybridized carbons (Fsp3) is 0.600. The van der Waals surface area contributed by atoms with E-state index in [-0.39, 0.29) is 27.8 Å². The van der Waals surface area contributed by atoms with E-state index in [0.29, 0.717) is 11.2 Å². The average Bonchev–Trinajstić information content (AvgIpc) is 2.80. The van der Waals surface area contributed by atoms with E-state index in [0.717, 1.165) is 5.75 Å². The van der Waals surface area contributed by atoms with Crippen molar-refractivity contribution >= 4 is 17.0 Å². The molecule has 2 fully saturated rings. The fourth-order valence-electron chi connectivity index (χ4n) is 4.76. The number of fused-ring (bicyclic) bond motifs is 2. The van der Waals surface area contributed by atoms with Gasteiger partial charge in [-0.15, -0.1) is 0 Å². The number of hydrogen-bond acceptors (Lipinski definition) is 1. The van der Waals surface area contributed by atoms with Gasteiger partial charge in [-0.25, -0.2) is 0 Å². The first-order valence-electron chi connectivity index (χ1n) is 8.39. The summed E-state index contributed by atoms with van der Waals surface area (Å²) in [6, 6.07) is 10.5. The van der Waals surface area contributed by atoms with Crippen molar-refractivity contribution in [2.24, 2.45) is 16.7 Å². The first-order chi connectivity index (χ1) is 10.4. The van der Waals surface area contributed by atoms with Gasteiger partial charge >= 0.3 is 0 Å². The van der Waals surface area contributed by atoms with Crippen LogP contribution >= 0.6 is 0 Å². The van der Waals surface area contributed by atoms with Gasteiger partial charge in [0.25, 0.3) is 0 Å². The minimum atomic E-state index is -0.125. The Bertz CT molecular complexity index is 550. The third-order valence-electron chi connectivity index (χ3n) is 6.67. The number of hydrogen-bond donors (Lipinski definition) is 1. The predicted octanol–water partition coefficient (Wildman–Crippen LogP) is 4.13. The predicted molar refractivity (Wildman–Crippen MR) is 98.0 cm³/mol. The molecule has 3 rings (SSSR count). The second kappa shape index (κ2) is 5.72. The van der Waals surface area contributed by atoms with Crippen LogP contribution in [0, 0.1) is 16.7 Å². The van der Waals surface area contributed by atoms with Gasteiger partial charge in [-0.1, -0.05) is 57.2 Å². The van der Waals surface area contributed by atoms with Gasteiger partial charge in [0.2, 0.25) is 0 Å². The number of rotatable bonds is 4. The van der Waals surface area contributed by atoms with Gasteiger partial charge in [-0.3, -0.25) is 0 Å². The maximum atomic E-state index is 10.9. The summed E-state index contributed by atoms with van der Waals surface area (Å²) < 4.78 is 0. The molecule has 0 aliphatic heterocycles. The van der Waals surface area contributed by atoms with E-state index < -0.39 is 0 Å². The van der Waals surface area contributed by atoms with Crippen LogP contribution in [0.5, 0.6) is 0 Å². The summed E-state index contributed by atoms with van der Waals surface area (Å²) >= 11 is 0. The van der Waals surface area contributed by atoms with Crippen molar-refractivity contribution in [2.45, 2.75) is 45.0 Å². The molecule has 0 aromatic heterocycles. The lowest BCUT2D eigenvalue weighted by Gasteiger charge is -2.36. The van der Waals surface area contributed by atoms with Crippen molar-refractivity contribution in [2.75, 3.05) is 12.0 Å². The quantitative estimate of drug-likeness (QED) is 0.828. The smallest absolute Gasteiger partial charge is 0.147 e. The Morgan fingerprint density at radius 3 is 2.50 bits per heavy atom. The first kappa shape index (κ1) is 16.1. The summed E-state index contributed by atoms with van der Waals surface area (Å²) in [5, 5.41) is 11.4. The van der Waals surface area contributed by atoms with Crippen LogP contribution in [-0.2, 0) is 10.9 Å². The van der Waals surface area contributed by atoms with E-state index in [2.05, 4.69) is 69.5 Å². The molecule has 0 heterocycles. The molecule has 1 N–H and O–H groups in total. The molecule has 120 valence electrons. The zero-order valence-electron chi connectivity index (χ0n) is 14.3. The Kier molecular flexibility index (Phi) is 4.20. The Labute approximate surface area is 138 Å². The highest BCUT2D eigenvalue weighted by molar-refractivity contribution is 7.97. The molecule has 2 aliphatic rings. The molecule has 1 aromatic carbocycles. The van der Waals surface area contributed by atoms with Crippen LogP contribution in [0.4, 0.5) is 0 Å². The molecule has 0 radical (unpaired) electrons. The molecule has 0 saturated heterocycles. The van der Waals surface area contributed by atoms with Crippen molar-refractivity contribution in [1.29, 1.82) is 0 Å². The van der Waals surface area contributed by atoms with Crippen molar-refractivity contribution in [3.63, 3.8) is 0 Å². The van der Waals surface area contributed by atoms with Crippen LogP contribution in [-0.4, -0.2) is 28.5 Å². The molecule has 5 atom stereocenters. The summed E-state index contributed by atoms with van der Waals surface area (Å²) in [4.78, 5) is 0. The summed E-state index contributed by atoms with van der Waals surface area (Å²) in [6.45, 7) is 7.07. The Morgan fingerprint density at radius 1 is 1.23 bits per heavy atom. The van der Waals surface area contributed by atoms with Gasteiger partial charge in [-0.05, 0) is 40.8 Å². The van der Waals surface area contributed by atoms with Crippen molar-refractivity contribution < 1.29 is 5.11 Å². The van der Waals surface area contributed by atoms with Crippen molar-refractivity contribution in [3.8, 4) is 0 Å². The van der Waals surface area contributed by atoms with Crippen LogP contribution in [0.2, 0.25) is 0 Å². The van der Waals surface area contributed by atoms with E-state index in [1.54, 1.807) is 0 Å². The maximum absolute atomic E-state index is 10.9. The molecule has 2 bridgehead atoms. The second-order valence-corrected chi connectivity index (χ2v) is 10.1. The van der Waals surface area contributed by atoms with E-state index in [4.69, 9.17) is 0 Å². The Balaban J connectivity index is 1.69. The van der Waals surface area contributed by atoms with Crippen LogP contribution in [0.1, 0.15) is 39.2 Å². The molecule has 0 amide bonds. The van der Waals surface area contributed by atoms with Crippen LogP contribution in [0.15, 0.2) is 36.4 Å². The van der Waals surface area contributed by atoms with E-state index >= 15 is 0 Å². The van der Waals surface area contributed by atoms with Crippen LogP contribution < -0.4 is 0 Å². The zero-order chi connectivity index (χ0) is 16.0. The molecule has 0 spiro atoms. The Hall–Kier alpha value is -0.730. The van der Waals surface area contributed by atoms with E-state index in [1.807, 2.05) is 0 Å². The van der Waals surface area contributed by atoms with E-state index in [9.17, 15) is 5.11 Å². The number of aliphatic hydroxyl groups excluding tert-OH is 1. The first-order valence-corrected chi connectivity index (χ1v) is 10.3. The fourth-order valence-corrected chi connectivity index (χ4v) is 7.16. The normalized spacial score (nSPS) is 37.8. The summed E-state index contributed by atoms with van der Waals surface area (Å²) in [5.41, 5.74) is 1.66. The molecule has 5 unspecified atom stereocenters. The van der Waals surface area contributed by atoms with Gasteiger partial charge in [-0.2, -0.15) is 0 Å². The van der Waals surface area contributed by atoms with Gasteiger partial charge in [0.15, 0.2) is 0 Å².